The summed E-state index contributed by atoms with van der Waals surface area (Å²) in [4.78, 5) is 28.6. The smallest absolute Gasteiger partial charge is 0.333 e. The number of amides is 1. The number of piperidine rings is 1. The van der Waals surface area contributed by atoms with Crippen LogP contribution in [0.3, 0.4) is 0 Å². The second kappa shape index (κ2) is 11.0. The lowest BCUT2D eigenvalue weighted by Crippen LogP contribution is -2.46. The number of nitrogens with two attached hydrogens (primary N) is 1. The SMILES string of the molecule is Nc1ncccc1-c1nc2ccc(-c3ccn(C(F)F)n3)nc2n1-c1ccc2c(c1)CCC2NC1CCN(C(=O)C2CC2)CC1. The van der Waals surface area contributed by atoms with Gasteiger partial charge < -0.3 is 16.0 Å². The van der Waals surface area contributed by atoms with Crippen molar-refractivity contribution in [3.05, 3.63) is 72.1 Å². The second-order valence-electron chi connectivity index (χ2n) is 12.2. The standard InChI is InChI=1S/C33H33F2N9O/c34-33(35)43-17-13-27(41-43)26-9-10-28-31(39-26)44(30(40-28)24-2-1-14-37-29(24)36)22-6-7-23-20(18-22)5-8-25(23)38-21-11-15-42(16-12-21)32(45)19-3-4-19/h1-2,6-7,9-10,13-14,17-19,21,25,33,38H,3-5,8,11-12,15-16H2,(H2,36,37). The van der Waals surface area contributed by atoms with Gasteiger partial charge in [0.1, 0.15) is 17.0 Å². The molecule has 12 heteroatoms. The maximum Gasteiger partial charge on any atom is 0.333 e. The topological polar surface area (TPSA) is 120 Å². The molecule has 1 saturated carbocycles. The van der Waals surface area contributed by atoms with Crippen molar-refractivity contribution in [3.8, 4) is 28.5 Å². The molecule has 1 aromatic carbocycles. The number of benzene rings is 1. The highest BCUT2D eigenvalue weighted by atomic mass is 19.3. The number of imidazole rings is 1. The van der Waals surface area contributed by atoms with E-state index in [1.165, 1.54) is 23.4 Å². The lowest BCUT2D eigenvalue weighted by molar-refractivity contribution is -0.133. The first kappa shape index (κ1) is 27.8. The van der Waals surface area contributed by atoms with E-state index in [0.717, 1.165) is 57.3 Å². The van der Waals surface area contributed by atoms with Crippen LogP contribution in [0.15, 0.2) is 60.9 Å². The summed E-state index contributed by atoms with van der Waals surface area (Å²) in [6, 6.07) is 15.9. The number of nitrogens with zero attached hydrogens (tertiary/aromatic N) is 7. The van der Waals surface area contributed by atoms with Crippen LogP contribution < -0.4 is 11.1 Å². The van der Waals surface area contributed by atoms with Crippen molar-refractivity contribution in [2.24, 2.45) is 5.92 Å². The summed E-state index contributed by atoms with van der Waals surface area (Å²) in [6.45, 7) is -1.07. The summed E-state index contributed by atoms with van der Waals surface area (Å²) in [6.07, 6.45) is 8.86. The maximum atomic E-state index is 13.2. The summed E-state index contributed by atoms with van der Waals surface area (Å²) in [5.41, 5.74) is 12.4. The second-order valence-corrected chi connectivity index (χ2v) is 12.2. The Labute approximate surface area is 258 Å². The molecule has 1 saturated heterocycles. The molecule has 230 valence electrons. The number of hydrogen-bond donors (Lipinski definition) is 2. The normalized spacial score (nSPS) is 18.6. The van der Waals surface area contributed by atoms with Crippen molar-refractivity contribution in [2.45, 2.75) is 57.2 Å². The number of anilines is 1. The molecule has 0 spiro atoms. The van der Waals surface area contributed by atoms with Crippen LogP contribution in [0, 0.1) is 5.92 Å². The van der Waals surface area contributed by atoms with Crippen LogP contribution >= 0.6 is 0 Å². The lowest BCUT2D eigenvalue weighted by Gasteiger charge is -2.34. The van der Waals surface area contributed by atoms with Gasteiger partial charge in [0.2, 0.25) is 5.91 Å². The van der Waals surface area contributed by atoms with E-state index in [-0.39, 0.29) is 12.0 Å². The maximum absolute atomic E-state index is 13.2. The highest BCUT2D eigenvalue weighted by molar-refractivity contribution is 5.84. The number of fused-ring (bicyclic) bond motifs is 2. The fraction of sp³-hybridized carbons (Fsp3) is 0.364. The number of aromatic nitrogens is 6. The molecule has 1 unspecified atom stereocenters. The highest BCUT2D eigenvalue weighted by Crippen LogP contribution is 2.37. The molecule has 0 bridgehead atoms. The van der Waals surface area contributed by atoms with E-state index in [4.69, 9.17) is 15.7 Å². The number of carbonyl (C=O) groups is 1. The Morgan fingerprint density at radius 2 is 1.82 bits per heavy atom. The van der Waals surface area contributed by atoms with Gasteiger partial charge in [0.25, 0.3) is 0 Å². The highest BCUT2D eigenvalue weighted by Gasteiger charge is 2.35. The third kappa shape index (κ3) is 5.12. The number of likely N-dealkylation sites (tertiary alicyclic amines) is 1. The molecule has 3 N–H and O–H groups in total. The molecule has 5 aromatic rings. The number of carbonyl (C=O) groups excluding carboxylic acids is 1. The van der Waals surface area contributed by atoms with Gasteiger partial charge in [0.15, 0.2) is 11.5 Å². The number of hydrogen-bond acceptors (Lipinski definition) is 7. The van der Waals surface area contributed by atoms with Crippen LogP contribution in [0.1, 0.15) is 55.8 Å². The van der Waals surface area contributed by atoms with Crippen molar-refractivity contribution >= 4 is 22.9 Å². The summed E-state index contributed by atoms with van der Waals surface area (Å²) in [5, 5.41) is 7.90. The molecule has 0 radical (unpaired) electrons. The van der Waals surface area contributed by atoms with Gasteiger partial charge in [-0.25, -0.2) is 19.6 Å². The Balaban J connectivity index is 1.12. The minimum absolute atomic E-state index is 0.257. The molecule has 4 aromatic heterocycles. The Morgan fingerprint density at radius 1 is 0.978 bits per heavy atom. The van der Waals surface area contributed by atoms with Gasteiger partial charge in [0, 0.05) is 49.2 Å². The number of nitrogens with one attached hydrogen (secondary N) is 1. The van der Waals surface area contributed by atoms with E-state index < -0.39 is 6.55 Å². The first-order valence-corrected chi connectivity index (χ1v) is 15.5. The summed E-state index contributed by atoms with van der Waals surface area (Å²) in [5.74, 6) is 1.56. The van der Waals surface area contributed by atoms with Crippen molar-refractivity contribution < 1.29 is 13.6 Å². The van der Waals surface area contributed by atoms with Gasteiger partial charge >= 0.3 is 6.55 Å². The Morgan fingerprint density at radius 3 is 2.58 bits per heavy atom. The average molecular weight is 610 g/mol. The van der Waals surface area contributed by atoms with E-state index in [1.54, 1.807) is 12.3 Å². The number of halogens is 2. The van der Waals surface area contributed by atoms with E-state index >= 15 is 0 Å². The monoisotopic (exact) mass is 609 g/mol. The van der Waals surface area contributed by atoms with Crippen molar-refractivity contribution in [1.82, 2.24) is 39.5 Å². The molecule has 2 fully saturated rings. The van der Waals surface area contributed by atoms with E-state index in [2.05, 4.69) is 38.5 Å². The Hall–Kier alpha value is -4.71. The third-order valence-electron chi connectivity index (χ3n) is 9.29. The minimum Gasteiger partial charge on any atom is -0.383 e. The first-order valence-electron chi connectivity index (χ1n) is 15.5. The van der Waals surface area contributed by atoms with Gasteiger partial charge in [-0.05, 0) is 92.1 Å². The van der Waals surface area contributed by atoms with Gasteiger partial charge in [-0.3, -0.25) is 9.36 Å². The van der Waals surface area contributed by atoms with Crippen molar-refractivity contribution in [3.63, 3.8) is 0 Å². The number of pyridine rings is 2. The van der Waals surface area contributed by atoms with Gasteiger partial charge in [-0.2, -0.15) is 13.9 Å². The Kier molecular flexibility index (Phi) is 6.81. The predicted octanol–water partition coefficient (Wildman–Crippen LogP) is 5.30. The first-order chi connectivity index (χ1) is 21.9. The Bertz CT molecular complexity index is 1910. The molecule has 5 heterocycles. The fourth-order valence-electron chi connectivity index (χ4n) is 6.77. The van der Waals surface area contributed by atoms with Gasteiger partial charge in [-0.15, -0.1) is 0 Å². The summed E-state index contributed by atoms with van der Waals surface area (Å²) in [7, 11) is 0. The predicted molar refractivity (Wildman–Crippen MR) is 166 cm³/mol. The zero-order valence-corrected chi connectivity index (χ0v) is 24.6. The number of alkyl halides is 2. The molecular formula is C33H33F2N9O. The van der Waals surface area contributed by atoms with Crippen molar-refractivity contribution in [2.75, 3.05) is 18.8 Å². The third-order valence-corrected chi connectivity index (χ3v) is 9.29. The molecule has 8 rings (SSSR count). The molecule has 1 atom stereocenters. The lowest BCUT2D eigenvalue weighted by atomic mass is 10.0. The molecule has 1 aliphatic heterocycles. The molecule has 1 amide bonds. The van der Waals surface area contributed by atoms with E-state index in [0.29, 0.717) is 56.4 Å². The number of nitrogen functional groups attached to an aromatic ring is 1. The zero-order chi connectivity index (χ0) is 30.7. The van der Waals surface area contributed by atoms with E-state index in [1.807, 2.05) is 22.8 Å². The molecule has 2 aliphatic carbocycles. The molecular weight excluding hydrogens is 576 g/mol. The van der Waals surface area contributed by atoms with Crippen molar-refractivity contribution in [1.29, 1.82) is 0 Å². The molecule has 10 nitrogen and oxygen atoms in total. The van der Waals surface area contributed by atoms with Gasteiger partial charge in [0.05, 0.1) is 11.3 Å². The summed E-state index contributed by atoms with van der Waals surface area (Å²) >= 11 is 0. The van der Waals surface area contributed by atoms with E-state index in [9.17, 15) is 13.6 Å². The van der Waals surface area contributed by atoms with Crippen LogP contribution in [0.4, 0.5) is 14.6 Å². The fourth-order valence-corrected chi connectivity index (χ4v) is 6.77. The van der Waals surface area contributed by atoms with Crippen LogP contribution in [-0.2, 0) is 11.2 Å². The quantitative estimate of drug-likeness (QED) is 0.257. The largest absolute Gasteiger partial charge is 0.383 e. The number of aryl methyl sites for hydroxylation is 1. The average Bonchev–Trinajstić information content (AvgIpc) is 3.46. The molecule has 3 aliphatic rings. The van der Waals surface area contributed by atoms with Crippen LogP contribution in [-0.4, -0.2) is 59.2 Å². The minimum atomic E-state index is -2.73. The van der Waals surface area contributed by atoms with Crippen LogP contribution in [0.5, 0.6) is 0 Å². The molecule has 45 heavy (non-hydrogen) atoms. The van der Waals surface area contributed by atoms with Gasteiger partial charge in [-0.1, -0.05) is 6.07 Å². The number of rotatable bonds is 7. The van der Waals surface area contributed by atoms with Crippen LogP contribution in [0.25, 0.3) is 39.6 Å². The van der Waals surface area contributed by atoms with Crippen LogP contribution in [0.2, 0.25) is 0 Å². The summed E-state index contributed by atoms with van der Waals surface area (Å²) < 4.78 is 29.0. The zero-order valence-electron chi connectivity index (χ0n) is 24.6.